The zero-order valence-electron chi connectivity index (χ0n) is 8.50. The SMILES string of the molecule is Cc1ncsc1CNc1ncc(Br)cc1Br. The van der Waals surface area contributed by atoms with Crippen molar-refractivity contribution in [2.45, 2.75) is 13.5 Å². The van der Waals surface area contributed by atoms with Crippen LogP contribution in [0.25, 0.3) is 0 Å². The van der Waals surface area contributed by atoms with Crippen molar-refractivity contribution in [3.63, 3.8) is 0 Å². The Bertz CT molecular complexity index is 499. The van der Waals surface area contributed by atoms with Gasteiger partial charge in [0.15, 0.2) is 0 Å². The zero-order chi connectivity index (χ0) is 11.5. The number of hydrogen-bond donors (Lipinski definition) is 1. The molecule has 0 amide bonds. The molecule has 0 unspecified atom stereocenters. The third kappa shape index (κ3) is 2.81. The summed E-state index contributed by atoms with van der Waals surface area (Å²) in [5, 5.41) is 3.27. The Labute approximate surface area is 115 Å². The van der Waals surface area contributed by atoms with Crippen LogP contribution in [0.4, 0.5) is 5.82 Å². The fourth-order valence-electron chi connectivity index (χ4n) is 1.20. The standard InChI is InChI=1S/C10H9Br2N3S/c1-6-9(16-5-15-6)4-14-10-8(12)2-7(11)3-13-10/h2-3,5H,4H2,1H3,(H,13,14). The van der Waals surface area contributed by atoms with Crippen LogP contribution >= 0.6 is 43.2 Å². The van der Waals surface area contributed by atoms with Gasteiger partial charge in [0.05, 0.1) is 22.2 Å². The van der Waals surface area contributed by atoms with E-state index in [1.807, 2.05) is 18.5 Å². The van der Waals surface area contributed by atoms with Crippen LogP contribution in [0.5, 0.6) is 0 Å². The van der Waals surface area contributed by atoms with E-state index >= 15 is 0 Å². The molecule has 0 bridgehead atoms. The topological polar surface area (TPSA) is 37.8 Å². The normalized spacial score (nSPS) is 10.4. The monoisotopic (exact) mass is 361 g/mol. The van der Waals surface area contributed by atoms with Gasteiger partial charge in [-0.2, -0.15) is 0 Å². The third-order valence-electron chi connectivity index (χ3n) is 2.07. The van der Waals surface area contributed by atoms with E-state index in [0.29, 0.717) is 0 Å². The van der Waals surface area contributed by atoms with Crippen LogP contribution < -0.4 is 5.32 Å². The Balaban J connectivity index is 2.08. The number of aromatic nitrogens is 2. The summed E-state index contributed by atoms with van der Waals surface area (Å²) in [5.41, 5.74) is 2.93. The molecule has 0 saturated carbocycles. The molecule has 0 atom stereocenters. The van der Waals surface area contributed by atoms with E-state index in [9.17, 15) is 0 Å². The predicted octanol–water partition coefficient (Wildman–Crippen LogP) is 3.98. The van der Waals surface area contributed by atoms with Crippen molar-refractivity contribution >= 4 is 49.0 Å². The largest absolute Gasteiger partial charge is 0.364 e. The van der Waals surface area contributed by atoms with Crippen LogP contribution in [0, 0.1) is 6.92 Å². The average molecular weight is 363 g/mol. The first-order valence-electron chi connectivity index (χ1n) is 4.60. The lowest BCUT2D eigenvalue weighted by atomic mass is 10.4. The van der Waals surface area contributed by atoms with Crippen LogP contribution in [0.1, 0.15) is 10.6 Å². The highest BCUT2D eigenvalue weighted by Crippen LogP contribution is 2.24. The Kier molecular flexibility index (Phi) is 3.94. The summed E-state index contributed by atoms with van der Waals surface area (Å²) in [6, 6.07) is 1.97. The molecule has 0 radical (unpaired) electrons. The predicted molar refractivity (Wildman–Crippen MR) is 73.8 cm³/mol. The van der Waals surface area contributed by atoms with Crippen LogP contribution in [0.2, 0.25) is 0 Å². The molecule has 0 aliphatic rings. The Hall–Kier alpha value is -0.460. The number of anilines is 1. The number of rotatable bonds is 3. The highest BCUT2D eigenvalue weighted by molar-refractivity contribution is 9.11. The quantitative estimate of drug-likeness (QED) is 0.897. The van der Waals surface area contributed by atoms with E-state index in [2.05, 4.69) is 47.1 Å². The molecule has 0 spiro atoms. The van der Waals surface area contributed by atoms with Crippen molar-refractivity contribution in [3.8, 4) is 0 Å². The Morgan fingerprint density at radius 1 is 1.38 bits per heavy atom. The highest BCUT2D eigenvalue weighted by Gasteiger charge is 2.04. The first-order valence-corrected chi connectivity index (χ1v) is 7.07. The number of thiazole rings is 1. The zero-order valence-corrected chi connectivity index (χ0v) is 12.5. The molecule has 3 nitrogen and oxygen atoms in total. The average Bonchev–Trinajstić information content (AvgIpc) is 2.63. The molecule has 0 aliphatic carbocycles. The molecule has 2 aromatic rings. The lowest BCUT2D eigenvalue weighted by Crippen LogP contribution is -2.01. The highest BCUT2D eigenvalue weighted by atomic mass is 79.9. The van der Waals surface area contributed by atoms with Gasteiger partial charge in [-0.05, 0) is 44.8 Å². The van der Waals surface area contributed by atoms with Crippen molar-refractivity contribution in [1.82, 2.24) is 9.97 Å². The minimum atomic E-state index is 0.754. The molecule has 0 aromatic carbocycles. The summed E-state index contributed by atoms with van der Waals surface area (Å²) in [4.78, 5) is 9.72. The van der Waals surface area contributed by atoms with E-state index in [4.69, 9.17) is 0 Å². The van der Waals surface area contributed by atoms with Crippen molar-refractivity contribution < 1.29 is 0 Å². The summed E-state index contributed by atoms with van der Waals surface area (Å²) in [5.74, 6) is 0.844. The molecule has 0 fully saturated rings. The number of pyridine rings is 1. The van der Waals surface area contributed by atoms with Crippen molar-refractivity contribution in [2.24, 2.45) is 0 Å². The minimum absolute atomic E-state index is 0.754. The molecule has 84 valence electrons. The second-order valence-electron chi connectivity index (χ2n) is 3.20. The summed E-state index contributed by atoms with van der Waals surface area (Å²) in [6.07, 6.45) is 1.77. The molecule has 0 saturated heterocycles. The summed E-state index contributed by atoms with van der Waals surface area (Å²) in [6.45, 7) is 2.77. The third-order valence-corrected chi connectivity index (χ3v) is 4.04. The Morgan fingerprint density at radius 2 is 2.19 bits per heavy atom. The van der Waals surface area contributed by atoms with Gasteiger partial charge >= 0.3 is 0 Å². The lowest BCUT2D eigenvalue weighted by Gasteiger charge is -2.06. The fraction of sp³-hybridized carbons (Fsp3) is 0.200. The molecule has 6 heteroatoms. The van der Waals surface area contributed by atoms with Gasteiger partial charge in [0.25, 0.3) is 0 Å². The fourth-order valence-corrected chi connectivity index (χ4v) is 3.05. The molecule has 2 heterocycles. The molecule has 2 aromatic heterocycles. The molecular formula is C10H9Br2N3S. The number of nitrogens with zero attached hydrogens (tertiary/aromatic N) is 2. The van der Waals surface area contributed by atoms with Gasteiger partial charge < -0.3 is 5.32 Å². The van der Waals surface area contributed by atoms with E-state index < -0.39 is 0 Å². The van der Waals surface area contributed by atoms with Gasteiger partial charge in [0.1, 0.15) is 5.82 Å². The number of nitrogens with one attached hydrogen (secondary N) is 1. The summed E-state index contributed by atoms with van der Waals surface area (Å²) >= 11 is 8.48. The van der Waals surface area contributed by atoms with E-state index in [1.165, 1.54) is 4.88 Å². The second kappa shape index (κ2) is 5.25. The van der Waals surface area contributed by atoms with Crippen LogP contribution in [0.15, 0.2) is 26.7 Å². The number of hydrogen-bond acceptors (Lipinski definition) is 4. The Morgan fingerprint density at radius 3 is 2.81 bits per heavy atom. The van der Waals surface area contributed by atoms with Gasteiger partial charge in [-0.15, -0.1) is 11.3 Å². The summed E-state index contributed by atoms with van der Waals surface area (Å²) < 4.78 is 1.91. The van der Waals surface area contributed by atoms with Gasteiger partial charge in [0, 0.05) is 15.5 Å². The minimum Gasteiger partial charge on any atom is -0.364 e. The molecule has 0 aliphatic heterocycles. The lowest BCUT2D eigenvalue weighted by molar-refractivity contribution is 1.09. The van der Waals surface area contributed by atoms with E-state index in [1.54, 1.807) is 17.5 Å². The summed E-state index contributed by atoms with van der Waals surface area (Å²) in [7, 11) is 0. The number of halogens is 2. The van der Waals surface area contributed by atoms with Crippen molar-refractivity contribution in [1.29, 1.82) is 0 Å². The molecule has 16 heavy (non-hydrogen) atoms. The van der Waals surface area contributed by atoms with Gasteiger partial charge in [-0.3, -0.25) is 0 Å². The van der Waals surface area contributed by atoms with Gasteiger partial charge in [-0.1, -0.05) is 0 Å². The molecular weight excluding hydrogens is 354 g/mol. The molecule has 2 rings (SSSR count). The maximum atomic E-state index is 4.29. The first-order chi connectivity index (χ1) is 7.66. The van der Waals surface area contributed by atoms with Crippen LogP contribution in [0.3, 0.4) is 0 Å². The number of aryl methyl sites for hydroxylation is 1. The molecule has 1 N–H and O–H groups in total. The maximum Gasteiger partial charge on any atom is 0.140 e. The smallest absolute Gasteiger partial charge is 0.140 e. The van der Waals surface area contributed by atoms with Crippen molar-refractivity contribution in [3.05, 3.63) is 37.3 Å². The van der Waals surface area contributed by atoms with Crippen LogP contribution in [-0.2, 0) is 6.54 Å². The van der Waals surface area contributed by atoms with Gasteiger partial charge in [0.2, 0.25) is 0 Å². The van der Waals surface area contributed by atoms with Crippen LogP contribution in [-0.4, -0.2) is 9.97 Å². The van der Waals surface area contributed by atoms with Crippen molar-refractivity contribution in [2.75, 3.05) is 5.32 Å². The van der Waals surface area contributed by atoms with Gasteiger partial charge in [-0.25, -0.2) is 9.97 Å². The maximum absolute atomic E-state index is 4.29. The first kappa shape index (κ1) is 12.0. The van der Waals surface area contributed by atoms with E-state index in [-0.39, 0.29) is 0 Å². The van der Waals surface area contributed by atoms with E-state index in [0.717, 1.165) is 27.0 Å². The second-order valence-corrected chi connectivity index (χ2v) is 5.91.